The van der Waals surface area contributed by atoms with Crippen LogP contribution in [0, 0.1) is 5.92 Å². The van der Waals surface area contributed by atoms with Gasteiger partial charge in [0.25, 0.3) is 0 Å². The van der Waals surface area contributed by atoms with Gasteiger partial charge < -0.3 is 0 Å². The van der Waals surface area contributed by atoms with Gasteiger partial charge in [0.05, 0.1) is 12.0 Å². The SMILES string of the molecule is O=c1[nH]nnn1C1CCCCC1C(F)(F)F. The van der Waals surface area contributed by atoms with E-state index in [0.29, 0.717) is 19.3 Å². The van der Waals surface area contributed by atoms with E-state index < -0.39 is 23.8 Å². The number of nitrogens with zero attached hydrogens (tertiary/aromatic N) is 3. The van der Waals surface area contributed by atoms with Gasteiger partial charge in [-0.2, -0.15) is 17.9 Å². The zero-order valence-corrected chi connectivity index (χ0v) is 8.37. The molecule has 1 aliphatic carbocycles. The summed E-state index contributed by atoms with van der Waals surface area (Å²) in [5, 5.41) is 8.64. The summed E-state index contributed by atoms with van der Waals surface area (Å²) in [6.45, 7) is 0. The van der Waals surface area contributed by atoms with Crippen LogP contribution in [0.2, 0.25) is 0 Å². The van der Waals surface area contributed by atoms with Crippen LogP contribution < -0.4 is 5.69 Å². The first-order valence-electron chi connectivity index (χ1n) is 5.06. The molecule has 90 valence electrons. The molecule has 0 amide bonds. The number of tetrazole rings is 1. The van der Waals surface area contributed by atoms with E-state index in [9.17, 15) is 18.0 Å². The summed E-state index contributed by atoms with van der Waals surface area (Å²) in [6.07, 6.45) is -2.71. The van der Waals surface area contributed by atoms with Crippen molar-refractivity contribution in [1.29, 1.82) is 0 Å². The molecule has 16 heavy (non-hydrogen) atoms. The standard InChI is InChI=1S/C8H11F3N4O/c9-8(10,11)5-3-1-2-4-6(5)15-7(16)12-13-14-15/h5-6H,1-4H2,(H,12,14,16). The van der Waals surface area contributed by atoms with E-state index in [1.165, 1.54) is 0 Å². The second-order valence-corrected chi connectivity index (χ2v) is 3.95. The maximum Gasteiger partial charge on any atom is 0.393 e. The number of alkyl halides is 3. The monoisotopic (exact) mass is 236 g/mol. The number of hydrogen-bond donors (Lipinski definition) is 1. The van der Waals surface area contributed by atoms with Gasteiger partial charge in [-0.3, -0.25) is 0 Å². The minimum absolute atomic E-state index is 0.0491. The maximum atomic E-state index is 12.7. The Balaban J connectivity index is 2.31. The third kappa shape index (κ3) is 1.96. The van der Waals surface area contributed by atoms with Crippen molar-refractivity contribution in [3.8, 4) is 0 Å². The van der Waals surface area contributed by atoms with E-state index in [-0.39, 0.29) is 6.42 Å². The van der Waals surface area contributed by atoms with E-state index >= 15 is 0 Å². The predicted octanol–water partition coefficient (Wildman–Crippen LogP) is 1.26. The summed E-state index contributed by atoms with van der Waals surface area (Å²) in [7, 11) is 0. The first-order valence-corrected chi connectivity index (χ1v) is 5.06. The number of hydrogen-bond acceptors (Lipinski definition) is 3. The molecular formula is C8H11F3N4O. The van der Waals surface area contributed by atoms with Crippen molar-refractivity contribution in [3.05, 3.63) is 10.5 Å². The van der Waals surface area contributed by atoms with Gasteiger partial charge in [0, 0.05) is 0 Å². The van der Waals surface area contributed by atoms with Crippen molar-refractivity contribution in [3.63, 3.8) is 0 Å². The fourth-order valence-electron chi connectivity index (χ4n) is 2.21. The van der Waals surface area contributed by atoms with E-state index in [0.717, 1.165) is 4.68 Å². The molecule has 0 bridgehead atoms. The van der Waals surface area contributed by atoms with Crippen molar-refractivity contribution < 1.29 is 13.2 Å². The van der Waals surface area contributed by atoms with Gasteiger partial charge in [0.2, 0.25) is 0 Å². The van der Waals surface area contributed by atoms with E-state index in [4.69, 9.17) is 0 Å². The fourth-order valence-corrected chi connectivity index (χ4v) is 2.21. The highest BCUT2D eigenvalue weighted by molar-refractivity contribution is 4.84. The van der Waals surface area contributed by atoms with Gasteiger partial charge in [-0.1, -0.05) is 12.8 Å². The van der Waals surface area contributed by atoms with Gasteiger partial charge in [-0.25, -0.2) is 9.89 Å². The lowest BCUT2D eigenvalue weighted by Crippen LogP contribution is -2.38. The smallest absolute Gasteiger partial charge is 0.245 e. The van der Waals surface area contributed by atoms with Crippen LogP contribution in [0.4, 0.5) is 13.2 Å². The molecule has 2 unspecified atom stereocenters. The third-order valence-corrected chi connectivity index (χ3v) is 2.96. The summed E-state index contributed by atoms with van der Waals surface area (Å²) < 4.78 is 39.0. The van der Waals surface area contributed by atoms with Crippen molar-refractivity contribution >= 4 is 0 Å². The van der Waals surface area contributed by atoms with Crippen LogP contribution in [-0.2, 0) is 0 Å². The second kappa shape index (κ2) is 3.91. The molecule has 0 saturated heterocycles. The molecule has 2 atom stereocenters. The largest absolute Gasteiger partial charge is 0.393 e. The van der Waals surface area contributed by atoms with Gasteiger partial charge >= 0.3 is 11.9 Å². The van der Waals surface area contributed by atoms with Gasteiger partial charge in [-0.05, 0) is 23.3 Å². The Hall–Kier alpha value is -1.34. The van der Waals surface area contributed by atoms with Crippen LogP contribution in [-0.4, -0.2) is 26.4 Å². The van der Waals surface area contributed by atoms with E-state index in [2.05, 4.69) is 10.4 Å². The Bertz CT molecular complexity index is 410. The number of aromatic amines is 1. The molecule has 1 aliphatic rings. The van der Waals surface area contributed by atoms with Gasteiger partial charge in [0.1, 0.15) is 0 Å². The van der Waals surface area contributed by atoms with Crippen LogP contribution in [0.3, 0.4) is 0 Å². The number of aromatic nitrogens is 4. The first kappa shape index (κ1) is 11.2. The molecule has 1 N–H and O–H groups in total. The molecule has 5 nitrogen and oxygen atoms in total. The highest BCUT2D eigenvalue weighted by atomic mass is 19.4. The highest BCUT2D eigenvalue weighted by Gasteiger charge is 2.47. The molecular weight excluding hydrogens is 225 g/mol. The second-order valence-electron chi connectivity index (χ2n) is 3.95. The van der Waals surface area contributed by atoms with Crippen molar-refractivity contribution in [2.45, 2.75) is 37.9 Å². The van der Waals surface area contributed by atoms with Crippen molar-refractivity contribution in [2.24, 2.45) is 5.92 Å². The molecule has 0 aromatic carbocycles. The van der Waals surface area contributed by atoms with Crippen molar-refractivity contribution in [2.75, 3.05) is 0 Å². The van der Waals surface area contributed by atoms with E-state index in [1.54, 1.807) is 0 Å². The Morgan fingerprint density at radius 3 is 2.56 bits per heavy atom. The highest BCUT2D eigenvalue weighted by Crippen LogP contribution is 2.42. The molecule has 8 heteroatoms. The van der Waals surface area contributed by atoms with Gasteiger partial charge in [0.15, 0.2) is 0 Å². The average molecular weight is 236 g/mol. The maximum absolute atomic E-state index is 12.7. The zero-order valence-electron chi connectivity index (χ0n) is 8.37. The Labute approximate surface area is 88.6 Å². The molecule has 1 aromatic rings. The summed E-state index contributed by atoms with van der Waals surface area (Å²) >= 11 is 0. The first-order chi connectivity index (χ1) is 7.50. The summed E-state index contributed by atoms with van der Waals surface area (Å²) in [4.78, 5) is 11.2. The molecule has 0 aliphatic heterocycles. The fraction of sp³-hybridized carbons (Fsp3) is 0.875. The lowest BCUT2D eigenvalue weighted by atomic mass is 9.84. The van der Waals surface area contributed by atoms with Gasteiger partial charge in [-0.15, -0.1) is 0 Å². The van der Waals surface area contributed by atoms with Crippen LogP contribution in [0.5, 0.6) is 0 Å². The Kier molecular flexibility index (Phi) is 2.73. The zero-order chi connectivity index (χ0) is 11.8. The molecule has 1 heterocycles. The van der Waals surface area contributed by atoms with E-state index in [1.807, 2.05) is 5.10 Å². The van der Waals surface area contributed by atoms with Crippen LogP contribution >= 0.6 is 0 Å². The average Bonchev–Trinajstić information content (AvgIpc) is 2.63. The molecule has 0 spiro atoms. The molecule has 2 rings (SSSR count). The quantitative estimate of drug-likeness (QED) is 0.798. The number of nitrogens with one attached hydrogen (secondary N) is 1. The Morgan fingerprint density at radius 2 is 2.00 bits per heavy atom. The van der Waals surface area contributed by atoms with Crippen LogP contribution in [0.15, 0.2) is 4.79 Å². The third-order valence-electron chi connectivity index (χ3n) is 2.96. The number of H-pyrrole nitrogens is 1. The van der Waals surface area contributed by atoms with Crippen molar-refractivity contribution in [1.82, 2.24) is 20.2 Å². The normalized spacial score (nSPS) is 26.9. The van der Waals surface area contributed by atoms with Crippen LogP contribution in [0.1, 0.15) is 31.7 Å². The van der Waals surface area contributed by atoms with Crippen LogP contribution in [0.25, 0.3) is 0 Å². The topological polar surface area (TPSA) is 63.6 Å². The summed E-state index contributed by atoms with van der Waals surface area (Å²) in [5.41, 5.74) is -0.679. The molecule has 1 fully saturated rings. The predicted molar refractivity (Wildman–Crippen MR) is 47.7 cm³/mol. The minimum atomic E-state index is -4.29. The molecule has 1 aromatic heterocycles. The minimum Gasteiger partial charge on any atom is -0.245 e. The molecule has 1 saturated carbocycles. The Morgan fingerprint density at radius 1 is 1.31 bits per heavy atom. The summed E-state index contributed by atoms with van der Waals surface area (Å²) in [6, 6.07) is -0.917. The molecule has 0 radical (unpaired) electrons. The number of rotatable bonds is 1. The number of halogens is 3. The lowest BCUT2D eigenvalue weighted by molar-refractivity contribution is -0.194. The lowest BCUT2D eigenvalue weighted by Gasteiger charge is -2.31. The summed E-state index contributed by atoms with van der Waals surface area (Å²) in [5.74, 6) is -1.50.